The standard InChI is InChI=1S/C32H68N.C12H28P.H2O4S/c1-5-9-13-17-21-25-29-33(30-26-22-18-14-10-6-2,31-27-23-19-15-11-7-3)32-28-24-20-16-12-8-4;1-5-9-13(10-6-2,11-7-3)12-8-4;1-5(2,3)4/h5-32H2,1-4H3;5-12H2,1-4H3;(H2,1,2,3,4)/q2*+1;/p-2. The molecule has 51 heavy (non-hydrogen) atoms. The fourth-order valence-electron chi connectivity index (χ4n) is 8.15. The molecular weight excluding hydrogens is 670 g/mol. The minimum absolute atomic E-state index is 0.496. The molecule has 0 aliphatic carbocycles. The first-order chi connectivity index (χ1) is 24.5. The highest BCUT2D eigenvalue weighted by Crippen LogP contribution is 2.60. The van der Waals surface area contributed by atoms with E-state index < -0.39 is 17.7 Å². The largest absolute Gasteiger partial charge is 0.759 e. The SMILES string of the molecule is CCCCCCCC[N+](CCCCCCCC)(CCCCCCCC)CCCCCCCC.CCC[P+](CCC)(CCC)CCC.O=S(=O)([O-])[O-]. The van der Waals surface area contributed by atoms with Crippen LogP contribution in [0.2, 0.25) is 0 Å². The highest BCUT2D eigenvalue weighted by molar-refractivity contribution is 7.79. The zero-order chi connectivity index (χ0) is 39.0. The van der Waals surface area contributed by atoms with Gasteiger partial charge < -0.3 is 13.6 Å². The second-order valence-electron chi connectivity index (χ2n) is 16.0. The summed E-state index contributed by atoms with van der Waals surface area (Å²) in [5.74, 6) is 0. The number of rotatable bonds is 36. The van der Waals surface area contributed by atoms with Crippen LogP contribution in [0.3, 0.4) is 0 Å². The van der Waals surface area contributed by atoms with Crippen molar-refractivity contribution in [2.24, 2.45) is 0 Å². The smallest absolute Gasteiger partial charge is 0.0786 e. The van der Waals surface area contributed by atoms with E-state index >= 15 is 0 Å². The Balaban J connectivity index is -0.00000105. The summed E-state index contributed by atoms with van der Waals surface area (Å²) in [6.07, 6.45) is 46.6. The van der Waals surface area contributed by atoms with E-state index in [1.807, 2.05) is 0 Å². The molecule has 0 atom stereocenters. The summed E-state index contributed by atoms with van der Waals surface area (Å²) in [6.45, 7) is 24.7. The summed E-state index contributed by atoms with van der Waals surface area (Å²) in [6, 6.07) is 0. The molecule has 0 fully saturated rings. The second kappa shape index (κ2) is 41.4. The van der Waals surface area contributed by atoms with E-state index in [1.165, 1.54) is 210 Å². The molecule has 312 valence electrons. The average Bonchev–Trinajstić information content (AvgIpc) is 3.07. The van der Waals surface area contributed by atoms with Crippen LogP contribution in [0.1, 0.15) is 235 Å². The van der Waals surface area contributed by atoms with Gasteiger partial charge in [-0.05, 0) is 77.0 Å². The van der Waals surface area contributed by atoms with Crippen LogP contribution < -0.4 is 0 Å². The number of nitrogens with zero attached hydrogens (tertiary/aromatic N) is 1. The summed E-state index contributed by atoms with van der Waals surface area (Å²) in [4.78, 5) is 0. The number of unbranched alkanes of at least 4 members (excludes halogenated alkanes) is 20. The van der Waals surface area contributed by atoms with Gasteiger partial charge in [0.1, 0.15) is 0 Å². The maximum absolute atomic E-state index is 8.52. The average molecular weight is 766 g/mol. The third kappa shape index (κ3) is 42.9. The molecule has 0 N–H and O–H groups in total. The van der Waals surface area contributed by atoms with Crippen molar-refractivity contribution in [3.8, 4) is 0 Å². The molecule has 7 heteroatoms. The Morgan fingerprint density at radius 1 is 0.333 bits per heavy atom. The van der Waals surface area contributed by atoms with Gasteiger partial charge >= 0.3 is 0 Å². The monoisotopic (exact) mass is 766 g/mol. The van der Waals surface area contributed by atoms with Gasteiger partial charge in [0.2, 0.25) is 0 Å². The molecule has 0 unspecified atom stereocenters. The van der Waals surface area contributed by atoms with Crippen LogP contribution in [0.5, 0.6) is 0 Å². The van der Waals surface area contributed by atoms with E-state index in [4.69, 9.17) is 17.5 Å². The van der Waals surface area contributed by atoms with Gasteiger partial charge in [0, 0.05) is 17.7 Å². The fourth-order valence-corrected chi connectivity index (χ4v) is 13.3. The molecule has 0 aliphatic rings. The Kier molecular flexibility index (Phi) is 45.2. The maximum Gasteiger partial charge on any atom is 0.0786 e. The van der Waals surface area contributed by atoms with Crippen LogP contribution >= 0.6 is 7.26 Å². The molecule has 0 heterocycles. The van der Waals surface area contributed by atoms with E-state index in [0.717, 1.165) is 0 Å². The summed E-state index contributed by atoms with van der Waals surface area (Å²) in [7, 11) is -5.66. The lowest BCUT2D eigenvalue weighted by molar-refractivity contribution is -0.929. The van der Waals surface area contributed by atoms with Crippen molar-refractivity contribution in [3.05, 3.63) is 0 Å². The molecule has 0 bridgehead atoms. The summed E-state index contributed by atoms with van der Waals surface area (Å²) < 4.78 is 35.6. The molecule has 0 aliphatic heterocycles. The normalized spacial score (nSPS) is 12.0. The van der Waals surface area contributed by atoms with E-state index in [0.29, 0.717) is 0 Å². The van der Waals surface area contributed by atoms with E-state index in [9.17, 15) is 0 Å². The fraction of sp³-hybridized carbons (Fsp3) is 1.00. The number of quaternary nitrogens is 1. The summed E-state index contributed by atoms with van der Waals surface area (Å²) in [5.41, 5.74) is 0. The zero-order valence-corrected chi connectivity index (χ0v) is 38.1. The van der Waals surface area contributed by atoms with Gasteiger partial charge in [-0.1, -0.05) is 158 Å². The molecular formula is C44H96NO4PS. The number of hydrogen-bond acceptors (Lipinski definition) is 4. The van der Waals surface area contributed by atoms with E-state index in [2.05, 4.69) is 55.4 Å². The molecule has 0 radical (unpaired) electrons. The van der Waals surface area contributed by atoms with Gasteiger partial charge in [0.25, 0.3) is 0 Å². The van der Waals surface area contributed by atoms with Gasteiger partial charge in [-0.3, -0.25) is 8.42 Å². The van der Waals surface area contributed by atoms with Crippen molar-refractivity contribution in [3.63, 3.8) is 0 Å². The predicted molar refractivity (Wildman–Crippen MR) is 231 cm³/mol. The highest BCUT2D eigenvalue weighted by atomic mass is 32.3. The Morgan fingerprint density at radius 3 is 0.686 bits per heavy atom. The molecule has 0 amide bonds. The zero-order valence-electron chi connectivity index (χ0n) is 36.4. The first kappa shape index (κ1) is 55.6. The molecule has 0 spiro atoms. The lowest BCUT2D eigenvalue weighted by Crippen LogP contribution is -2.50. The molecule has 0 aromatic carbocycles. The van der Waals surface area contributed by atoms with Crippen LogP contribution in [0.25, 0.3) is 0 Å². The molecule has 5 nitrogen and oxygen atoms in total. The quantitative estimate of drug-likeness (QED) is 0.0209. The predicted octanol–water partition coefficient (Wildman–Crippen LogP) is 14.6. The van der Waals surface area contributed by atoms with Crippen molar-refractivity contribution in [2.75, 3.05) is 50.8 Å². The van der Waals surface area contributed by atoms with Crippen molar-refractivity contribution >= 4 is 17.7 Å². The van der Waals surface area contributed by atoms with Gasteiger partial charge in [-0.25, -0.2) is 0 Å². The Labute approximate surface area is 324 Å². The van der Waals surface area contributed by atoms with Crippen LogP contribution in [-0.4, -0.2) is 72.8 Å². The topological polar surface area (TPSA) is 80.3 Å². The maximum atomic E-state index is 8.52. The van der Waals surface area contributed by atoms with Gasteiger partial charge in [-0.2, -0.15) is 0 Å². The lowest BCUT2D eigenvalue weighted by atomic mass is 10.0. The van der Waals surface area contributed by atoms with Crippen molar-refractivity contribution in [2.45, 2.75) is 235 Å². The summed E-state index contributed by atoms with van der Waals surface area (Å²) in [5, 5.41) is 0. The van der Waals surface area contributed by atoms with Crippen LogP contribution in [0.15, 0.2) is 0 Å². The van der Waals surface area contributed by atoms with Crippen molar-refractivity contribution < 1.29 is 22.0 Å². The molecule has 0 saturated heterocycles. The highest BCUT2D eigenvalue weighted by Gasteiger charge is 2.33. The third-order valence-electron chi connectivity index (χ3n) is 10.7. The van der Waals surface area contributed by atoms with Crippen LogP contribution in [-0.2, 0) is 10.4 Å². The van der Waals surface area contributed by atoms with Gasteiger partial charge in [-0.15, -0.1) is 0 Å². The third-order valence-corrected chi connectivity index (χ3v) is 16.3. The second-order valence-corrected chi connectivity index (χ2v) is 21.2. The first-order valence-electron chi connectivity index (χ1n) is 22.9. The minimum atomic E-state index is -5.17. The Bertz CT molecular complexity index is 657. The van der Waals surface area contributed by atoms with Gasteiger partial charge in [0.15, 0.2) is 0 Å². The van der Waals surface area contributed by atoms with Gasteiger partial charge in [0.05, 0.1) is 50.8 Å². The van der Waals surface area contributed by atoms with Crippen LogP contribution in [0.4, 0.5) is 0 Å². The Hall–Kier alpha value is 0.260. The lowest BCUT2D eigenvalue weighted by Gasteiger charge is -2.40. The van der Waals surface area contributed by atoms with Crippen molar-refractivity contribution in [1.82, 2.24) is 0 Å². The van der Waals surface area contributed by atoms with Crippen LogP contribution in [0, 0.1) is 0 Å². The molecule has 0 saturated carbocycles. The first-order valence-corrected chi connectivity index (χ1v) is 26.7. The van der Waals surface area contributed by atoms with E-state index in [1.54, 1.807) is 24.6 Å². The molecule has 0 rings (SSSR count). The Morgan fingerprint density at radius 2 is 0.510 bits per heavy atom. The minimum Gasteiger partial charge on any atom is -0.759 e. The summed E-state index contributed by atoms with van der Waals surface area (Å²) >= 11 is 0. The molecule has 0 aromatic heterocycles. The number of hydrogen-bond donors (Lipinski definition) is 0. The molecule has 0 aromatic rings. The van der Waals surface area contributed by atoms with Crippen molar-refractivity contribution in [1.29, 1.82) is 0 Å². The van der Waals surface area contributed by atoms with E-state index in [-0.39, 0.29) is 0 Å².